The summed E-state index contributed by atoms with van der Waals surface area (Å²) in [6, 6.07) is 7.32. The highest BCUT2D eigenvalue weighted by atomic mass is 35.5. The van der Waals surface area contributed by atoms with Crippen molar-refractivity contribution in [3.63, 3.8) is 0 Å². The summed E-state index contributed by atoms with van der Waals surface area (Å²) < 4.78 is 10.6. The standard InChI is InChI=1S/C16H24N2O3.ClH/c1-20-13-4-6-14(7-5-13)21-11-8-15(19)18-16(12-17)9-2-3-10-16;/h4-7H,2-3,8-12,17H2,1H3,(H,18,19);1H. The number of halogens is 1. The highest BCUT2D eigenvalue weighted by molar-refractivity contribution is 5.85. The Kier molecular flexibility index (Phi) is 7.48. The average Bonchev–Trinajstić information content (AvgIpc) is 2.97. The van der Waals surface area contributed by atoms with Crippen molar-refractivity contribution < 1.29 is 14.3 Å². The second-order valence-electron chi connectivity index (χ2n) is 5.51. The van der Waals surface area contributed by atoms with Crippen LogP contribution in [-0.4, -0.2) is 31.7 Å². The molecule has 1 amide bonds. The van der Waals surface area contributed by atoms with Crippen molar-refractivity contribution >= 4 is 18.3 Å². The summed E-state index contributed by atoms with van der Waals surface area (Å²) in [6.45, 7) is 0.872. The van der Waals surface area contributed by atoms with Crippen LogP contribution < -0.4 is 20.5 Å². The number of rotatable bonds is 7. The van der Waals surface area contributed by atoms with Gasteiger partial charge in [0.2, 0.25) is 5.91 Å². The molecule has 1 fully saturated rings. The third kappa shape index (κ3) is 5.07. The molecule has 124 valence electrons. The minimum absolute atomic E-state index is 0. The maximum absolute atomic E-state index is 12.0. The Hall–Kier alpha value is -1.46. The fraction of sp³-hybridized carbons (Fsp3) is 0.562. The van der Waals surface area contributed by atoms with Gasteiger partial charge in [-0.2, -0.15) is 0 Å². The molecule has 0 saturated heterocycles. The smallest absolute Gasteiger partial charge is 0.223 e. The van der Waals surface area contributed by atoms with E-state index < -0.39 is 0 Å². The van der Waals surface area contributed by atoms with Gasteiger partial charge in [-0.1, -0.05) is 12.8 Å². The summed E-state index contributed by atoms with van der Waals surface area (Å²) in [6.07, 6.45) is 4.58. The Morgan fingerprint density at radius 2 is 1.82 bits per heavy atom. The molecule has 0 bridgehead atoms. The zero-order valence-electron chi connectivity index (χ0n) is 13.0. The molecule has 0 heterocycles. The molecule has 0 aliphatic heterocycles. The lowest BCUT2D eigenvalue weighted by atomic mass is 9.98. The maximum Gasteiger partial charge on any atom is 0.223 e. The first kappa shape index (κ1) is 18.6. The van der Waals surface area contributed by atoms with Crippen molar-refractivity contribution in [2.24, 2.45) is 5.73 Å². The van der Waals surface area contributed by atoms with Gasteiger partial charge in [-0.05, 0) is 37.1 Å². The second-order valence-corrected chi connectivity index (χ2v) is 5.51. The van der Waals surface area contributed by atoms with Gasteiger partial charge < -0.3 is 20.5 Å². The lowest BCUT2D eigenvalue weighted by Gasteiger charge is -2.28. The Bertz CT molecular complexity index is 459. The molecule has 1 aromatic rings. The van der Waals surface area contributed by atoms with E-state index in [1.165, 1.54) is 0 Å². The first-order valence-corrected chi connectivity index (χ1v) is 7.45. The molecule has 0 aromatic heterocycles. The number of benzene rings is 1. The van der Waals surface area contributed by atoms with E-state index in [4.69, 9.17) is 15.2 Å². The van der Waals surface area contributed by atoms with E-state index >= 15 is 0 Å². The van der Waals surface area contributed by atoms with Crippen LogP contribution >= 0.6 is 12.4 Å². The highest BCUT2D eigenvalue weighted by Gasteiger charge is 2.33. The van der Waals surface area contributed by atoms with Crippen LogP contribution in [0.1, 0.15) is 32.1 Å². The number of nitrogens with one attached hydrogen (secondary N) is 1. The number of carbonyl (C=O) groups excluding carboxylic acids is 1. The van der Waals surface area contributed by atoms with Crippen LogP contribution in [-0.2, 0) is 4.79 Å². The van der Waals surface area contributed by atoms with Gasteiger partial charge >= 0.3 is 0 Å². The van der Waals surface area contributed by atoms with Crippen LogP contribution in [0.4, 0.5) is 0 Å². The maximum atomic E-state index is 12.0. The van der Waals surface area contributed by atoms with Gasteiger partial charge in [0.25, 0.3) is 0 Å². The van der Waals surface area contributed by atoms with Gasteiger partial charge in [-0.25, -0.2) is 0 Å². The molecule has 2 rings (SSSR count). The minimum atomic E-state index is -0.183. The molecule has 1 aliphatic rings. The molecule has 0 atom stereocenters. The van der Waals surface area contributed by atoms with E-state index in [2.05, 4.69) is 5.32 Å². The monoisotopic (exact) mass is 328 g/mol. The van der Waals surface area contributed by atoms with Crippen molar-refractivity contribution in [2.45, 2.75) is 37.6 Å². The van der Waals surface area contributed by atoms with E-state index in [1.54, 1.807) is 7.11 Å². The molecule has 6 heteroatoms. The van der Waals surface area contributed by atoms with Crippen molar-refractivity contribution in [2.75, 3.05) is 20.3 Å². The molecular formula is C16H25ClN2O3. The van der Waals surface area contributed by atoms with E-state index in [1.807, 2.05) is 24.3 Å². The SMILES string of the molecule is COc1ccc(OCCC(=O)NC2(CN)CCCC2)cc1.Cl. The van der Waals surface area contributed by atoms with Crippen molar-refractivity contribution in [1.82, 2.24) is 5.32 Å². The average molecular weight is 329 g/mol. The quantitative estimate of drug-likeness (QED) is 0.805. The molecule has 22 heavy (non-hydrogen) atoms. The summed E-state index contributed by atoms with van der Waals surface area (Å²) in [5.74, 6) is 1.53. The van der Waals surface area contributed by atoms with Crippen molar-refractivity contribution in [3.05, 3.63) is 24.3 Å². The van der Waals surface area contributed by atoms with Crippen molar-refractivity contribution in [1.29, 1.82) is 0 Å². The number of methoxy groups -OCH3 is 1. The third-order valence-electron chi connectivity index (χ3n) is 4.01. The van der Waals surface area contributed by atoms with Gasteiger partial charge in [0, 0.05) is 6.54 Å². The number of hydrogen-bond donors (Lipinski definition) is 2. The predicted molar refractivity (Wildman–Crippen MR) is 88.8 cm³/mol. The van der Waals surface area contributed by atoms with Gasteiger partial charge in [-0.15, -0.1) is 12.4 Å². The number of amides is 1. The van der Waals surface area contributed by atoms with Gasteiger partial charge in [0.05, 0.1) is 25.7 Å². The topological polar surface area (TPSA) is 73.6 Å². The first-order valence-electron chi connectivity index (χ1n) is 7.45. The van der Waals surface area contributed by atoms with E-state index in [-0.39, 0.29) is 23.9 Å². The Balaban J connectivity index is 0.00000242. The molecule has 0 spiro atoms. The van der Waals surface area contributed by atoms with Gasteiger partial charge in [0.1, 0.15) is 11.5 Å². The molecule has 0 unspecified atom stereocenters. The molecular weight excluding hydrogens is 304 g/mol. The number of hydrogen-bond acceptors (Lipinski definition) is 4. The molecule has 5 nitrogen and oxygen atoms in total. The lowest BCUT2D eigenvalue weighted by Crippen LogP contribution is -2.51. The molecule has 1 aromatic carbocycles. The predicted octanol–water partition coefficient (Wildman–Crippen LogP) is 2.27. The van der Waals surface area contributed by atoms with Crippen LogP contribution in [0, 0.1) is 0 Å². The zero-order chi connectivity index (χ0) is 15.1. The summed E-state index contributed by atoms with van der Waals surface area (Å²) in [4.78, 5) is 12.0. The van der Waals surface area contributed by atoms with Crippen LogP contribution in [0.15, 0.2) is 24.3 Å². The van der Waals surface area contributed by atoms with Crippen LogP contribution in [0.25, 0.3) is 0 Å². The summed E-state index contributed by atoms with van der Waals surface area (Å²) in [5, 5.41) is 3.08. The van der Waals surface area contributed by atoms with Crippen LogP contribution in [0.2, 0.25) is 0 Å². The Morgan fingerprint density at radius 1 is 1.23 bits per heavy atom. The fourth-order valence-electron chi connectivity index (χ4n) is 2.72. The summed E-state index contributed by atoms with van der Waals surface area (Å²) >= 11 is 0. The lowest BCUT2D eigenvalue weighted by molar-refractivity contribution is -0.123. The van der Waals surface area contributed by atoms with Crippen LogP contribution in [0.3, 0.4) is 0 Å². The Morgan fingerprint density at radius 3 is 2.36 bits per heavy atom. The summed E-state index contributed by atoms with van der Waals surface area (Å²) in [5.41, 5.74) is 5.62. The molecule has 1 aliphatic carbocycles. The second kappa shape index (κ2) is 8.86. The largest absolute Gasteiger partial charge is 0.497 e. The Labute approximate surface area is 138 Å². The van der Waals surface area contributed by atoms with Gasteiger partial charge in [0.15, 0.2) is 0 Å². The molecule has 1 saturated carbocycles. The number of ether oxygens (including phenoxy) is 2. The zero-order valence-corrected chi connectivity index (χ0v) is 13.8. The van der Waals surface area contributed by atoms with Crippen molar-refractivity contribution in [3.8, 4) is 11.5 Å². The number of nitrogens with two attached hydrogens (primary N) is 1. The molecule has 0 radical (unpaired) electrons. The highest BCUT2D eigenvalue weighted by Crippen LogP contribution is 2.28. The first-order chi connectivity index (χ1) is 10.2. The third-order valence-corrected chi connectivity index (χ3v) is 4.01. The minimum Gasteiger partial charge on any atom is -0.497 e. The van der Waals surface area contributed by atoms with Gasteiger partial charge in [-0.3, -0.25) is 4.79 Å². The number of carbonyl (C=O) groups is 1. The van der Waals surface area contributed by atoms with E-state index in [0.717, 1.165) is 37.2 Å². The summed E-state index contributed by atoms with van der Waals surface area (Å²) in [7, 11) is 1.62. The van der Waals surface area contributed by atoms with Crippen LogP contribution in [0.5, 0.6) is 11.5 Å². The fourth-order valence-corrected chi connectivity index (χ4v) is 2.72. The van der Waals surface area contributed by atoms with E-state index in [0.29, 0.717) is 19.6 Å². The normalized spacial score (nSPS) is 15.7. The molecule has 3 N–H and O–H groups in total. The van der Waals surface area contributed by atoms with E-state index in [9.17, 15) is 4.79 Å².